The molecular weight excluding hydrogens is 222 g/mol. The first-order chi connectivity index (χ1) is 7.60. The minimum atomic E-state index is -3.43. The van der Waals surface area contributed by atoms with E-state index in [1.54, 1.807) is 24.3 Å². The summed E-state index contributed by atoms with van der Waals surface area (Å²) in [5.41, 5.74) is 6.05. The molecule has 2 rings (SSSR count). The second-order valence-electron chi connectivity index (χ2n) is 3.31. The zero-order chi connectivity index (χ0) is 11.6. The van der Waals surface area contributed by atoms with Crippen molar-refractivity contribution in [3.63, 3.8) is 0 Å². The van der Waals surface area contributed by atoms with Gasteiger partial charge < -0.3 is 5.73 Å². The fraction of sp³-hybridized carbons (Fsp3) is 0. The second kappa shape index (κ2) is 3.98. The summed E-state index contributed by atoms with van der Waals surface area (Å²) in [6, 6.07) is 15.1. The van der Waals surface area contributed by atoms with Crippen LogP contribution in [0.4, 0.5) is 5.69 Å². The van der Waals surface area contributed by atoms with Crippen molar-refractivity contribution in [1.82, 2.24) is 0 Å². The van der Waals surface area contributed by atoms with Gasteiger partial charge in [-0.15, -0.1) is 0 Å². The quantitative estimate of drug-likeness (QED) is 0.804. The molecule has 2 aromatic carbocycles. The Bertz CT molecular complexity index is 574. The third-order valence-corrected chi connectivity index (χ3v) is 3.97. The molecule has 0 saturated heterocycles. The summed E-state index contributed by atoms with van der Waals surface area (Å²) in [7, 11) is -3.43. The van der Waals surface area contributed by atoms with E-state index < -0.39 is 9.84 Å². The molecule has 16 heavy (non-hydrogen) atoms. The maximum absolute atomic E-state index is 12.1. The zero-order valence-corrected chi connectivity index (χ0v) is 9.24. The minimum Gasteiger partial charge on any atom is -0.399 e. The van der Waals surface area contributed by atoms with Crippen LogP contribution in [0.2, 0.25) is 0 Å². The molecule has 81 valence electrons. The Morgan fingerprint density at radius 2 is 1.38 bits per heavy atom. The van der Waals surface area contributed by atoms with Crippen LogP contribution in [0.1, 0.15) is 0 Å². The Morgan fingerprint density at radius 1 is 0.875 bits per heavy atom. The topological polar surface area (TPSA) is 60.2 Å². The molecule has 3 nitrogen and oxygen atoms in total. The predicted octanol–water partition coefficient (Wildman–Crippen LogP) is 1.90. The lowest BCUT2D eigenvalue weighted by molar-refractivity contribution is 0.596. The Hall–Kier alpha value is -1.81. The van der Waals surface area contributed by atoms with E-state index >= 15 is 0 Å². The van der Waals surface area contributed by atoms with Crippen molar-refractivity contribution in [2.45, 2.75) is 9.79 Å². The van der Waals surface area contributed by atoms with Crippen LogP contribution >= 0.6 is 0 Å². The van der Waals surface area contributed by atoms with E-state index in [1.165, 1.54) is 24.3 Å². The van der Waals surface area contributed by atoms with E-state index in [1.807, 2.05) is 0 Å². The number of rotatable bonds is 2. The highest BCUT2D eigenvalue weighted by atomic mass is 32.2. The maximum atomic E-state index is 12.1. The van der Waals surface area contributed by atoms with Crippen LogP contribution in [-0.4, -0.2) is 8.42 Å². The molecule has 0 unspecified atom stereocenters. The summed E-state index contributed by atoms with van der Waals surface area (Å²) in [4.78, 5) is 0.504. The Morgan fingerprint density at radius 3 is 1.94 bits per heavy atom. The van der Waals surface area contributed by atoms with Gasteiger partial charge in [0.25, 0.3) is 0 Å². The number of benzene rings is 2. The molecule has 0 aromatic heterocycles. The van der Waals surface area contributed by atoms with Gasteiger partial charge in [-0.2, -0.15) is 0 Å². The SMILES string of the molecule is Nc1ccc(S(=O)(=O)c2cc[c]cc2)cc1. The molecule has 2 aromatic rings. The molecule has 0 spiro atoms. The van der Waals surface area contributed by atoms with Crippen molar-refractivity contribution in [2.75, 3.05) is 5.73 Å². The lowest BCUT2D eigenvalue weighted by atomic mass is 10.3. The lowest BCUT2D eigenvalue weighted by Gasteiger charge is -2.04. The normalized spacial score (nSPS) is 11.2. The van der Waals surface area contributed by atoms with Crippen LogP contribution in [0.25, 0.3) is 0 Å². The number of nitrogens with two attached hydrogens (primary N) is 1. The Labute approximate surface area is 94.5 Å². The van der Waals surface area contributed by atoms with Gasteiger partial charge in [0.1, 0.15) is 0 Å². The largest absolute Gasteiger partial charge is 0.399 e. The van der Waals surface area contributed by atoms with Crippen LogP contribution in [0.3, 0.4) is 0 Å². The van der Waals surface area contributed by atoms with Gasteiger partial charge in [0.15, 0.2) is 0 Å². The first kappa shape index (κ1) is 10.7. The highest BCUT2D eigenvalue weighted by molar-refractivity contribution is 7.91. The molecule has 0 fully saturated rings. The van der Waals surface area contributed by atoms with E-state index in [4.69, 9.17) is 5.73 Å². The maximum Gasteiger partial charge on any atom is 0.206 e. The van der Waals surface area contributed by atoms with E-state index in [0.29, 0.717) is 5.69 Å². The summed E-state index contributed by atoms with van der Waals surface area (Å²) in [6.45, 7) is 0. The van der Waals surface area contributed by atoms with Crippen molar-refractivity contribution < 1.29 is 8.42 Å². The minimum absolute atomic E-state index is 0.243. The van der Waals surface area contributed by atoms with E-state index in [-0.39, 0.29) is 9.79 Å². The Balaban J connectivity index is 2.52. The van der Waals surface area contributed by atoms with Crippen LogP contribution in [0.5, 0.6) is 0 Å². The number of sulfone groups is 1. The molecule has 0 heterocycles. The van der Waals surface area contributed by atoms with Crippen LogP contribution in [-0.2, 0) is 9.84 Å². The van der Waals surface area contributed by atoms with Crippen molar-refractivity contribution in [3.8, 4) is 0 Å². The highest BCUT2D eigenvalue weighted by Gasteiger charge is 2.16. The molecular formula is C12H10NO2S. The molecule has 0 saturated carbocycles. The fourth-order valence-corrected chi connectivity index (χ4v) is 2.59. The van der Waals surface area contributed by atoms with E-state index in [9.17, 15) is 8.42 Å². The molecule has 2 N–H and O–H groups in total. The van der Waals surface area contributed by atoms with Crippen molar-refractivity contribution in [2.24, 2.45) is 0 Å². The second-order valence-corrected chi connectivity index (χ2v) is 5.26. The van der Waals surface area contributed by atoms with Crippen molar-refractivity contribution in [1.29, 1.82) is 0 Å². The van der Waals surface area contributed by atoms with Gasteiger partial charge in [0, 0.05) is 5.69 Å². The summed E-state index contributed by atoms with van der Waals surface area (Å²) >= 11 is 0. The zero-order valence-electron chi connectivity index (χ0n) is 8.42. The Kier molecular flexibility index (Phi) is 2.66. The number of nitrogen functional groups attached to an aromatic ring is 1. The van der Waals surface area contributed by atoms with Crippen molar-refractivity contribution in [3.05, 3.63) is 54.6 Å². The average molecular weight is 232 g/mol. The molecule has 0 aliphatic heterocycles. The van der Waals surface area contributed by atoms with Crippen molar-refractivity contribution >= 4 is 15.5 Å². The first-order valence-electron chi connectivity index (χ1n) is 4.67. The molecule has 0 bridgehead atoms. The summed E-state index contributed by atoms with van der Waals surface area (Å²) in [5.74, 6) is 0. The standard InChI is InChI=1S/C12H10NO2S/c13-10-6-8-12(9-7-10)16(14,15)11-4-2-1-3-5-11/h2-9H,13H2. The van der Waals surface area contributed by atoms with Gasteiger partial charge in [0.2, 0.25) is 9.84 Å². The van der Waals surface area contributed by atoms with Crippen LogP contribution in [0.15, 0.2) is 58.3 Å². The van der Waals surface area contributed by atoms with E-state index in [0.717, 1.165) is 0 Å². The fourth-order valence-electron chi connectivity index (χ4n) is 1.33. The van der Waals surface area contributed by atoms with Crippen LogP contribution < -0.4 is 5.73 Å². The smallest absolute Gasteiger partial charge is 0.206 e. The third-order valence-electron chi connectivity index (χ3n) is 2.19. The number of hydrogen-bond acceptors (Lipinski definition) is 3. The van der Waals surface area contributed by atoms with Gasteiger partial charge in [-0.25, -0.2) is 8.42 Å². The number of anilines is 1. The summed E-state index contributed by atoms with van der Waals surface area (Å²) in [6.07, 6.45) is 0. The molecule has 1 radical (unpaired) electrons. The van der Waals surface area contributed by atoms with E-state index in [2.05, 4.69) is 6.07 Å². The van der Waals surface area contributed by atoms with Gasteiger partial charge in [-0.3, -0.25) is 0 Å². The van der Waals surface area contributed by atoms with Gasteiger partial charge in [-0.1, -0.05) is 12.1 Å². The summed E-state index contributed by atoms with van der Waals surface area (Å²) in [5, 5.41) is 0. The van der Waals surface area contributed by atoms with Crippen LogP contribution in [0, 0.1) is 6.07 Å². The molecule has 4 heteroatoms. The van der Waals surface area contributed by atoms with Gasteiger partial charge >= 0.3 is 0 Å². The third kappa shape index (κ3) is 1.92. The monoisotopic (exact) mass is 232 g/mol. The lowest BCUT2D eigenvalue weighted by Crippen LogP contribution is -2.01. The highest BCUT2D eigenvalue weighted by Crippen LogP contribution is 2.20. The first-order valence-corrected chi connectivity index (χ1v) is 6.16. The van der Waals surface area contributed by atoms with Gasteiger partial charge in [-0.05, 0) is 42.5 Å². The molecule has 0 aliphatic carbocycles. The summed E-state index contributed by atoms with van der Waals surface area (Å²) < 4.78 is 24.2. The van der Waals surface area contributed by atoms with Gasteiger partial charge in [0.05, 0.1) is 9.79 Å². The molecule has 0 amide bonds. The predicted molar refractivity (Wildman–Crippen MR) is 61.6 cm³/mol. The average Bonchev–Trinajstić information content (AvgIpc) is 2.31. The molecule has 0 atom stereocenters. The number of hydrogen-bond donors (Lipinski definition) is 1. The molecule has 0 aliphatic rings.